The van der Waals surface area contributed by atoms with Crippen LogP contribution in [-0.4, -0.2) is 33.1 Å². The van der Waals surface area contributed by atoms with Gasteiger partial charge in [0.05, 0.1) is 9.82 Å². The van der Waals surface area contributed by atoms with Crippen molar-refractivity contribution in [3.8, 4) is 0 Å². The number of benzene rings is 1. The number of primary sulfonamides is 1. The minimum Gasteiger partial charge on any atom is -0.381 e. The number of sulfonamides is 1. The van der Waals surface area contributed by atoms with Crippen LogP contribution in [0.5, 0.6) is 0 Å². The summed E-state index contributed by atoms with van der Waals surface area (Å²) < 4.78 is 27.9. The van der Waals surface area contributed by atoms with Gasteiger partial charge in [0.15, 0.2) is 0 Å². The summed E-state index contributed by atoms with van der Waals surface area (Å²) >= 11 is 0. The zero-order valence-electron chi connectivity index (χ0n) is 12.0. The maximum absolute atomic E-state index is 11.2. The molecule has 1 aliphatic carbocycles. The zero-order valence-corrected chi connectivity index (χ0v) is 12.8. The summed E-state index contributed by atoms with van der Waals surface area (Å²) in [7, 11) is -3.96. The fourth-order valence-electron chi connectivity index (χ4n) is 1.92. The van der Waals surface area contributed by atoms with Gasteiger partial charge in [0.1, 0.15) is 5.69 Å². The lowest BCUT2D eigenvalue weighted by Crippen LogP contribution is -2.13. The summed E-state index contributed by atoms with van der Waals surface area (Å²) in [5, 5.41) is 18.9. The predicted octanol–water partition coefficient (Wildman–Crippen LogP) is 1.47. The summed E-state index contributed by atoms with van der Waals surface area (Å²) in [6.45, 7) is 1.87. The Morgan fingerprint density at radius 3 is 2.73 bits per heavy atom. The molecule has 122 valence electrons. The first kappa shape index (κ1) is 16.7. The average molecular weight is 329 g/mol. The van der Waals surface area contributed by atoms with Crippen molar-refractivity contribution >= 4 is 21.4 Å². The molecule has 1 aliphatic rings. The largest absolute Gasteiger partial charge is 0.381 e. The van der Waals surface area contributed by atoms with E-state index in [1.165, 1.54) is 25.0 Å². The molecule has 0 radical (unpaired) electrons. The van der Waals surface area contributed by atoms with Crippen LogP contribution in [0.1, 0.15) is 19.3 Å². The summed E-state index contributed by atoms with van der Waals surface area (Å²) in [5.41, 5.74) is -0.0509. The molecule has 0 aromatic heterocycles. The van der Waals surface area contributed by atoms with Gasteiger partial charge in [-0.1, -0.05) is 0 Å². The van der Waals surface area contributed by atoms with E-state index >= 15 is 0 Å². The Labute approximate surface area is 128 Å². The maximum Gasteiger partial charge on any atom is 0.293 e. The average Bonchev–Trinajstić information content (AvgIpc) is 3.25. The molecule has 2 rings (SSSR count). The van der Waals surface area contributed by atoms with Crippen molar-refractivity contribution < 1.29 is 18.1 Å². The zero-order chi connectivity index (χ0) is 16.2. The lowest BCUT2D eigenvalue weighted by atomic mass is 10.2. The first-order valence-electron chi connectivity index (χ1n) is 7.01. The number of nitrogens with zero attached hydrogens (tertiary/aromatic N) is 1. The summed E-state index contributed by atoms with van der Waals surface area (Å²) in [6, 6.07) is 3.55. The van der Waals surface area contributed by atoms with Crippen LogP contribution in [0.15, 0.2) is 23.1 Å². The van der Waals surface area contributed by atoms with Crippen molar-refractivity contribution in [2.75, 3.05) is 25.1 Å². The highest BCUT2D eigenvalue weighted by Gasteiger charge is 2.21. The lowest BCUT2D eigenvalue weighted by molar-refractivity contribution is -0.384. The number of hydrogen-bond acceptors (Lipinski definition) is 6. The molecule has 0 heterocycles. The lowest BCUT2D eigenvalue weighted by Gasteiger charge is -2.08. The van der Waals surface area contributed by atoms with E-state index < -0.39 is 14.9 Å². The summed E-state index contributed by atoms with van der Waals surface area (Å²) in [5.74, 6) is 0.708. The Morgan fingerprint density at radius 1 is 1.41 bits per heavy atom. The molecule has 9 heteroatoms. The van der Waals surface area contributed by atoms with Crippen LogP contribution in [-0.2, 0) is 14.8 Å². The van der Waals surface area contributed by atoms with E-state index in [2.05, 4.69) is 5.32 Å². The van der Waals surface area contributed by atoms with E-state index in [0.29, 0.717) is 25.5 Å². The highest BCUT2D eigenvalue weighted by atomic mass is 32.2. The van der Waals surface area contributed by atoms with E-state index in [4.69, 9.17) is 9.88 Å². The molecule has 0 bridgehead atoms. The van der Waals surface area contributed by atoms with E-state index in [1.54, 1.807) is 0 Å². The number of hydrogen-bond donors (Lipinski definition) is 2. The molecule has 0 unspecified atom stereocenters. The number of nitro benzene ring substituents is 1. The van der Waals surface area contributed by atoms with Crippen molar-refractivity contribution in [3.05, 3.63) is 28.3 Å². The van der Waals surface area contributed by atoms with Gasteiger partial charge in [-0.3, -0.25) is 10.1 Å². The van der Waals surface area contributed by atoms with Crippen molar-refractivity contribution in [2.24, 2.45) is 11.1 Å². The number of rotatable bonds is 9. The van der Waals surface area contributed by atoms with Gasteiger partial charge in [-0.25, -0.2) is 13.6 Å². The summed E-state index contributed by atoms with van der Waals surface area (Å²) in [6.07, 6.45) is 3.18. The topological polar surface area (TPSA) is 125 Å². The molecule has 1 aromatic rings. The Kier molecular flexibility index (Phi) is 5.33. The minimum atomic E-state index is -3.96. The Morgan fingerprint density at radius 2 is 2.14 bits per heavy atom. The van der Waals surface area contributed by atoms with E-state index in [1.807, 2.05) is 0 Å². The first-order chi connectivity index (χ1) is 10.4. The van der Waals surface area contributed by atoms with E-state index in [-0.39, 0.29) is 16.3 Å². The van der Waals surface area contributed by atoms with E-state index in [0.717, 1.165) is 12.7 Å². The fourth-order valence-corrected chi connectivity index (χ4v) is 2.45. The second-order valence-corrected chi connectivity index (χ2v) is 6.84. The van der Waals surface area contributed by atoms with E-state index in [9.17, 15) is 18.5 Å². The normalized spacial score (nSPS) is 14.8. The molecule has 0 atom stereocenters. The molecule has 0 amide bonds. The molecule has 3 N–H and O–H groups in total. The standard InChI is InChI=1S/C13H19N3O5S/c14-22(19,20)11-4-5-12(13(8-11)16(17)18)15-6-1-7-21-9-10-2-3-10/h4-5,8,10,15H,1-3,6-7,9H2,(H2,14,19,20). The third-order valence-electron chi connectivity index (χ3n) is 3.33. The molecule has 1 aromatic carbocycles. The molecule has 1 fully saturated rings. The number of nitrogens with one attached hydrogen (secondary N) is 1. The van der Waals surface area contributed by atoms with Gasteiger partial charge in [-0.2, -0.15) is 0 Å². The van der Waals surface area contributed by atoms with Crippen molar-refractivity contribution in [2.45, 2.75) is 24.2 Å². The van der Waals surface area contributed by atoms with Crippen LogP contribution in [0.2, 0.25) is 0 Å². The second-order valence-electron chi connectivity index (χ2n) is 5.28. The van der Waals surface area contributed by atoms with Gasteiger partial charge in [0.2, 0.25) is 10.0 Å². The molecule has 0 spiro atoms. The molecule has 22 heavy (non-hydrogen) atoms. The van der Waals surface area contributed by atoms with Crippen molar-refractivity contribution in [3.63, 3.8) is 0 Å². The van der Waals surface area contributed by atoms with Gasteiger partial charge in [-0.15, -0.1) is 0 Å². The molecule has 8 nitrogen and oxygen atoms in total. The highest BCUT2D eigenvalue weighted by molar-refractivity contribution is 7.89. The molecule has 1 saturated carbocycles. The van der Waals surface area contributed by atoms with Crippen LogP contribution >= 0.6 is 0 Å². The van der Waals surface area contributed by atoms with Crippen LogP contribution in [0.3, 0.4) is 0 Å². The second kappa shape index (κ2) is 7.03. The molecule has 0 saturated heterocycles. The highest BCUT2D eigenvalue weighted by Crippen LogP contribution is 2.29. The fraction of sp³-hybridized carbons (Fsp3) is 0.538. The number of anilines is 1. The smallest absolute Gasteiger partial charge is 0.293 e. The quantitative estimate of drug-likeness (QED) is 0.401. The maximum atomic E-state index is 11.2. The molecular formula is C13H19N3O5S. The van der Waals surface area contributed by atoms with Crippen molar-refractivity contribution in [1.29, 1.82) is 0 Å². The minimum absolute atomic E-state index is 0.264. The predicted molar refractivity (Wildman–Crippen MR) is 81.1 cm³/mol. The Balaban J connectivity index is 1.90. The van der Waals surface area contributed by atoms with Gasteiger partial charge in [0, 0.05) is 25.8 Å². The third-order valence-corrected chi connectivity index (χ3v) is 4.24. The number of nitro groups is 1. The number of ether oxygens (including phenoxy) is 1. The van der Waals surface area contributed by atoms with Gasteiger partial charge < -0.3 is 10.1 Å². The van der Waals surface area contributed by atoms with Crippen LogP contribution in [0, 0.1) is 16.0 Å². The van der Waals surface area contributed by atoms with Crippen molar-refractivity contribution in [1.82, 2.24) is 0 Å². The molecular weight excluding hydrogens is 310 g/mol. The third kappa shape index (κ3) is 4.93. The Bertz CT molecular complexity index is 643. The van der Waals surface area contributed by atoms with Gasteiger partial charge in [-0.05, 0) is 37.3 Å². The SMILES string of the molecule is NS(=O)(=O)c1ccc(NCCCOCC2CC2)c([N+](=O)[O-])c1. The first-order valence-corrected chi connectivity index (χ1v) is 8.55. The summed E-state index contributed by atoms with van der Waals surface area (Å²) in [4.78, 5) is 10.1. The molecule has 0 aliphatic heterocycles. The van der Waals surface area contributed by atoms with Gasteiger partial charge >= 0.3 is 0 Å². The van der Waals surface area contributed by atoms with Crippen LogP contribution in [0.25, 0.3) is 0 Å². The monoisotopic (exact) mass is 329 g/mol. The van der Waals surface area contributed by atoms with Crippen LogP contribution < -0.4 is 10.5 Å². The Hall–Kier alpha value is -1.71. The van der Waals surface area contributed by atoms with Crippen LogP contribution in [0.4, 0.5) is 11.4 Å². The number of nitrogens with two attached hydrogens (primary N) is 1. The van der Waals surface area contributed by atoms with Gasteiger partial charge in [0.25, 0.3) is 5.69 Å².